The van der Waals surface area contributed by atoms with Crippen molar-refractivity contribution >= 4 is 26.0 Å². The normalized spacial score (nSPS) is 14.1. The van der Waals surface area contributed by atoms with Gasteiger partial charge in [0.05, 0.1) is 6.20 Å². The van der Waals surface area contributed by atoms with Gasteiger partial charge in [0.1, 0.15) is 10.7 Å². The van der Waals surface area contributed by atoms with Crippen molar-refractivity contribution in [2.75, 3.05) is 12.4 Å². The average molecular weight is 311 g/mol. The molecular formula is C9H12BrFN2O2S. The second kappa shape index (κ2) is 5.20. The van der Waals surface area contributed by atoms with Crippen LogP contribution < -0.4 is 0 Å². The summed E-state index contributed by atoms with van der Waals surface area (Å²) in [7, 11) is -2.22. The fourth-order valence-corrected chi connectivity index (χ4v) is 3.00. The number of sulfonamides is 1. The minimum absolute atomic E-state index is 0.136. The van der Waals surface area contributed by atoms with E-state index in [1.54, 1.807) is 6.92 Å². The van der Waals surface area contributed by atoms with Crippen molar-refractivity contribution in [3.05, 3.63) is 24.3 Å². The predicted octanol–water partition coefficient (Wildman–Crippen LogP) is 1.62. The van der Waals surface area contributed by atoms with Crippen LogP contribution in [0.25, 0.3) is 0 Å². The number of hydrogen-bond acceptors (Lipinski definition) is 3. The lowest BCUT2D eigenvalue weighted by atomic mass is 10.4. The van der Waals surface area contributed by atoms with Gasteiger partial charge in [-0.2, -0.15) is 4.31 Å². The van der Waals surface area contributed by atoms with E-state index >= 15 is 0 Å². The molecular weight excluding hydrogens is 299 g/mol. The molecule has 90 valence electrons. The van der Waals surface area contributed by atoms with Crippen LogP contribution in [0.3, 0.4) is 0 Å². The number of hydrogen-bond donors (Lipinski definition) is 0. The van der Waals surface area contributed by atoms with Gasteiger partial charge >= 0.3 is 0 Å². The van der Waals surface area contributed by atoms with E-state index < -0.39 is 15.8 Å². The Labute approximate surface area is 103 Å². The number of pyridine rings is 1. The number of rotatable bonds is 4. The predicted molar refractivity (Wildman–Crippen MR) is 62.4 cm³/mol. The van der Waals surface area contributed by atoms with Crippen LogP contribution in [0.1, 0.15) is 6.92 Å². The maximum atomic E-state index is 12.9. The zero-order valence-corrected chi connectivity index (χ0v) is 11.3. The van der Waals surface area contributed by atoms with Crippen LogP contribution in [0, 0.1) is 5.82 Å². The molecule has 0 aromatic carbocycles. The number of alkyl halides is 1. The highest BCUT2D eigenvalue weighted by Gasteiger charge is 2.25. The van der Waals surface area contributed by atoms with Gasteiger partial charge in [-0.15, -0.1) is 0 Å². The molecule has 0 saturated heterocycles. The molecule has 7 heteroatoms. The van der Waals surface area contributed by atoms with Crippen LogP contribution >= 0.6 is 15.9 Å². The van der Waals surface area contributed by atoms with Gasteiger partial charge in [-0.05, 0) is 13.0 Å². The van der Waals surface area contributed by atoms with Crippen molar-refractivity contribution in [2.45, 2.75) is 17.9 Å². The summed E-state index contributed by atoms with van der Waals surface area (Å²) in [5, 5.41) is 0.505. The Balaban J connectivity index is 3.12. The van der Waals surface area contributed by atoms with Crippen molar-refractivity contribution in [3.8, 4) is 0 Å². The summed E-state index contributed by atoms with van der Waals surface area (Å²) in [6, 6.07) is 0.744. The van der Waals surface area contributed by atoms with Crippen LogP contribution in [-0.2, 0) is 10.0 Å². The van der Waals surface area contributed by atoms with E-state index in [-0.39, 0.29) is 10.9 Å². The maximum absolute atomic E-state index is 12.9. The average Bonchev–Trinajstić information content (AvgIpc) is 2.27. The second-order valence-corrected chi connectivity index (χ2v) is 6.01. The van der Waals surface area contributed by atoms with Crippen molar-refractivity contribution in [1.82, 2.24) is 9.29 Å². The molecule has 1 unspecified atom stereocenters. The molecule has 1 heterocycles. The lowest BCUT2D eigenvalue weighted by Gasteiger charge is -2.22. The first-order valence-electron chi connectivity index (χ1n) is 4.54. The summed E-state index contributed by atoms with van der Waals surface area (Å²) < 4.78 is 38.0. The molecule has 0 aliphatic rings. The van der Waals surface area contributed by atoms with Gasteiger partial charge in [0.25, 0.3) is 0 Å². The standard InChI is InChI=1S/C9H12BrFN2O2S/c1-7(4-10)13(2)16(14,15)9-3-8(11)5-12-6-9/h3,5-7H,4H2,1-2H3. The Hall–Kier alpha value is -0.530. The fraction of sp³-hybridized carbons (Fsp3) is 0.444. The largest absolute Gasteiger partial charge is 0.260 e. The molecule has 0 aliphatic heterocycles. The first-order chi connectivity index (χ1) is 7.39. The van der Waals surface area contributed by atoms with Gasteiger partial charge in [-0.25, -0.2) is 12.8 Å². The molecule has 4 nitrogen and oxygen atoms in total. The van der Waals surface area contributed by atoms with Crippen LogP contribution in [0.4, 0.5) is 4.39 Å². The van der Waals surface area contributed by atoms with Gasteiger partial charge < -0.3 is 0 Å². The number of aromatic nitrogens is 1. The third-order valence-corrected chi connectivity index (χ3v) is 5.07. The molecule has 1 aromatic heterocycles. The minimum Gasteiger partial charge on any atom is -0.260 e. The van der Waals surface area contributed by atoms with Crippen molar-refractivity contribution in [2.24, 2.45) is 0 Å². The molecule has 1 aromatic rings. The van der Waals surface area contributed by atoms with E-state index in [1.807, 2.05) is 0 Å². The summed E-state index contributed by atoms with van der Waals surface area (Å²) >= 11 is 3.20. The highest BCUT2D eigenvalue weighted by Crippen LogP contribution is 2.16. The Morgan fingerprint density at radius 1 is 1.56 bits per heavy atom. The molecule has 0 spiro atoms. The van der Waals surface area contributed by atoms with Gasteiger partial charge in [0.15, 0.2) is 0 Å². The summed E-state index contributed by atoms with van der Waals surface area (Å²) in [6.45, 7) is 1.75. The summed E-state index contributed by atoms with van der Waals surface area (Å²) in [5.41, 5.74) is 0. The molecule has 0 radical (unpaired) electrons. The van der Waals surface area contributed by atoms with Crippen LogP contribution in [0.15, 0.2) is 23.4 Å². The first-order valence-corrected chi connectivity index (χ1v) is 7.10. The van der Waals surface area contributed by atoms with Crippen LogP contribution in [0.2, 0.25) is 0 Å². The molecule has 0 saturated carbocycles. The first kappa shape index (κ1) is 13.5. The van der Waals surface area contributed by atoms with Gasteiger partial charge in [-0.1, -0.05) is 15.9 Å². The highest BCUT2D eigenvalue weighted by molar-refractivity contribution is 9.09. The topological polar surface area (TPSA) is 50.3 Å². The quantitative estimate of drug-likeness (QED) is 0.794. The molecule has 0 N–H and O–H groups in total. The van der Waals surface area contributed by atoms with E-state index in [0.717, 1.165) is 18.5 Å². The second-order valence-electron chi connectivity index (χ2n) is 3.36. The van der Waals surface area contributed by atoms with Gasteiger partial charge in [-0.3, -0.25) is 4.98 Å². The highest BCUT2D eigenvalue weighted by atomic mass is 79.9. The Morgan fingerprint density at radius 3 is 2.69 bits per heavy atom. The van der Waals surface area contributed by atoms with Crippen molar-refractivity contribution < 1.29 is 12.8 Å². The summed E-state index contributed by atoms with van der Waals surface area (Å²) in [4.78, 5) is 3.39. The number of halogens is 2. The lowest BCUT2D eigenvalue weighted by Crippen LogP contribution is -2.36. The maximum Gasteiger partial charge on any atom is 0.244 e. The molecule has 16 heavy (non-hydrogen) atoms. The SMILES string of the molecule is CC(CBr)N(C)S(=O)(=O)c1cncc(F)c1. The van der Waals surface area contributed by atoms with E-state index in [1.165, 1.54) is 11.4 Å². The number of nitrogens with zero attached hydrogens (tertiary/aromatic N) is 2. The van der Waals surface area contributed by atoms with E-state index in [4.69, 9.17) is 0 Å². The molecule has 0 amide bonds. The molecule has 1 rings (SSSR count). The van der Waals surface area contributed by atoms with Crippen molar-refractivity contribution in [3.63, 3.8) is 0 Å². The van der Waals surface area contributed by atoms with E-state index in [0.29, 0.717) is 5.33 Å². The third kappa shape index (κ3) is 2.78. The van der Waals surface area contributed by atoms with Crippen LogP contribution in [0.5, 0.6) is 0 Å². The van der Waals surface area contributed by atoms with Crippen LogP contribution in [-0.4, -0.2) is 36.1 Å². The summed E-state index contributed by atoms with van der Waals surface area (Å²) in [5.74, 6) is -0.666. The van der Waals surface area contributed by atoms with E-state index in [2.05, 4.69) is 20.9 Å². The molecule has 0 aliphatic carbocycles. The molecule has 0 fully saturated rings. The van der Waals surface area contributed by atoms with Crippen molar-refractivity contribution in [1.29, 1.82) is 0 Å². The fourth-order valence-electron chi connectivity index (χ4n) is 1.03. The van der Waals surface area contributed by atoms with Gasteiger partial charge in [0.2, 0.25) is 10.0 Å². The Morgan fingerprint density at radius 2 is 2.19 bits per heavy atom. The van der Waals surface area contributed by atoms with Gasteiger partial charge in [0, 0.05) is 24.6 Å². The molecule has 0 bridgehead atoms. The Bertz CT molecular complexity index is 466. The Kier molecular flexibility index (Phi) is 4.40. The third-order valence-electron chi connectivity index (χ3n) is 2.20. The summed E-state index contributed by atoms with van der Waals surface area (Å²) in [6.07, 6.45) is 2.10. The monoisotopic (exact) mass is 310 g/mol. The van der Waals surface area contributed by atoms with E-state index in [9.17, 15) is 12.8 Å². The lowest BCUT2D eigenvalue weighted by molar-refractivity contribution is 0.415. The molecule has 1 atom stereocenters. The zero-order chi connectivity index (χ0) is 12.3. The minimum atomic E-state index is -3.67. The smallest absolute Gasteiger partial charge is 0.244 e. The zero-order valence-electron chi connectivity index (χ0n) is 8.89.